The van der Waals surface area contributed by atoms with Crippen LogP contribution in [0.3, 0.4) is 0 Å². The van der Waals surface area contributed by atoms with E-state index in [0.29, 0.717) is 42.1 Å². The lowest BCUT2D eigenvalue weighted by Gasteiger charge is -2.32. The molecular formula is C22H25N3O4S. The van der Waals surface area contributed by atoms with Crippen molar-refractivity contribution in [1.29, 1.82) is 5.26 Å². The van der Waals surface area contributed by atoms with Gasteiger partial charge < -0.3 is 10.1 Å². The van der Waals surface area contributed by atoms with Gasteiger partial charge in [-0.05, 0) is 63.1 Å². The molecule has 1 aliphatic heterocycles. The van der Waals surface area contributed by atoms with Crippen molar-refractivity contribution in [2.45, 2.75) is 43.7 Å². The third kappa shape index (κ3) is 5.17. The molecule has 158 valence electrons. The minimum absolute atomic E-state index is 0.103. The molecule has 3 rings (SSSR count). The number of hydrogen-bond acceptors (Lipinski definition) is 5. The standard InChI is InChI=1S/C22H25N3O4S/c1-16-3-9-21(10-4-16)30(27,28)25-13-11-19(12-14-25)24-22(26)17(2)29-20-7-5-18(15-23)6-8-20/h3-10,17,19H,11-14H2,1-2H3,(H,24,26)/t17-/m0/s1. The molecule has 0 aliphatic carbocycles. The molecule has 0 radical (unpaired) electrons. The van der Waals surface area contributed by atoms with Gasteiger partial charge in [0.15, 0.2) is 6.10 Å². The lowest BCUT2D eigenvalue weighted by molar-refractivity contribution is -0.128. The maximum absolute atomic E-state index is 12.8. The fraction of sp³-hybridized carbons (Fsp3) is 0.364. The molecule has 1 fully saturated rings. The number of aryl methyl sites for hydroxylation is 1. The van der Waals surface area contributed by atoms with Crippen molar-refractivity contribution in [3.05, 3.63) is 59.7 Å². The van der Waals surface area contributed by atoms with Crippen LogP contribution in [0.25, 0.3) is 0 Å². The fourth-order valence-corrected chi connectivity index (χ4v) is 4.75. The highest BCUT2D eigenvalue weighted by atomic mass is 32.2. The van der Waals surface area contributed by atoms with E-state index in [1.807, 2.05) is 13.0 Å². The van der Waals surface area contributed by atoms with Crippen molar-refractivity contribution in [3.63, 3.8) is 0 Å². The first-order valence-corrected chi connectivity index (χ1v) is 11.3. The Morgan fingerprint density at radius 2 is 1.73 bits per heavy atom. The number of sulfonamides is 1. The van der Waals surface area contributed by atoms with E-state index in [4.69, 9.17) is 10.00 Å². The summed E-state index contributed by atoms with van der Waals surface area (Å²) in [4.78, 5) is 12.7. The van der Waals surface area contributed by atoms with E-state index in [9.17, 15) is 13.2 Å². The first kappa shape index (κ1) is 21.8. The van der Waals surface area contributed by atoms with Crippen LogP contribution in [0.2, 0.25) is 0 Å². The van der Waals surface area contributed by atoms with Crippen molar-refractivity contribution in [1.82, 2.24) is 9.62 Å². The van der Waals surface area contributed by atoms with E-state index in [0.717, 1.165) is 5.56 Å². The summed E-state index contributed by atoms with van der Waals surface area (Å²) < 4.78 is 32.7. The van der Waals surface area contributed by atoms with Gasteiger partial charge in [0.05, 0.1) is 16.5 Å². The zero-order valence-corrected chi connectivity index (χ0v) is 17.9. The molecule has 8 heteroatoms. The summed E-state index contributed by atoms with van der Waals surface area (Å²) in [5, 5.41) is 11.8. The molecule has 1 atom stereocenters. The van der Waals surface area contributed by atoms with Crippen LogP contribution in [-0.4, -0.2) is 43.9 Å². The van der Waals surface area contributed by atoms with Crippen molar-refractivity contribution in [2.24, 2.45) is 0 Å². The highest BCUT2D eigenvalue weighted by molar-refractivity contribution is 7.89. The molecule has 1 amide bonds. The van der Waals surface area contributed by atoms with Crippen LogP contribution in [0.15, 0.2) is 53.4 Å². The Hall–Kier alpha value is -2.89. The lowest BCUT2D eigenvalue weighted by Crippen LogP contribution is -2.49. The van der Waals surface area contributed by atoms with Crippen molar-refractivity contribution in [2.75, 3.05) is 13.1 Å². The van der Waals surface area contributed by atoms with Gasteiger partial charge in [-0.15, -0.1) is 0 Å². The molecule has 0 bridgehead atoms. The van der Waals surface area contributed by atoms with Gasteiger partial charge in [-0.3, -0.25) is 4.79 Å². The second-order valence-corrected chi connectivity index (χ2v) is 9.33. The molecule has 1 N–H and O–H groups in total. The largest absolute Gasteiger partial charge is 0.481 e. The number of nitrogens with zero attached hydrogens (tertiary/aromatic N) is 2. The van der Waals surface area contributed by atoms with Crippen LogP contribution in [-0.2, 0) is 14.8 Å². The molecule has 2 aromatic carbocycles. The van der Waals surface area contributed by atoms with Gasteiger partial charge in [0.2, 0.25) is 10.0 Å². The Balaban J connectivity index is 1.51. The Morgan fingerprint density at radius 3 is 2.30 bits per heavy atom. The minimum atomic E-state index is -3.52. The number of piperidine rings is 1. The molecule has 2 aromatic rings. The number of benzene rings is 2. The van der Waals surface area contributed by atoms with Crippen molar-refractivity contribution in [3.8, 4) is 11.8 Å². The van der Waals surface area contributed by atoms with E-state index in [1.54, 1.807) is 55.5 Å². The van der Waals surface area contributed by atoms with Crippen LogP contribution in [0, 0.1) is 18.3 Å². The monoisotopic (exact) mass is 427 g/mol. The average Bonchev–Trinajstić information content (AvgIpc) is 2.75. The summed E-state index contributed by atoms with van der Waals surface area (Å²) in [6, 6.07) is 15.3. The van der Waals surface area contributed by atoms with Gasteiger partial charge in [-0.2, -0.15) is 9.57 Å². The molecule has 0 spiro atoms. The third-order valence-corrected chi connectivity index (χ3v) is 7.04. The number of nitriles is 1. The molecule has 7 nitrogen and oxygen atoms in total. The molecule has 0 saturated carbocycles. The van der Waals surface area contributed by atoms with Crippen LogP contribution in [0.5, 0.6) is 5.75 Å². The van der Waals surface area contributed by atoms with Crippen LogP contribution < -0.4 is 10.1 Å². The topological polar surface area (TPSA) is 99.5 Å². The highest BCUT2D eigenvalue weighted by Crippen LogP contribution is 2.21. The lowest BCUT2D eigenvalue weighted by atomic mass is 10.1. The van der Waals surface area contributed by atoms with Gasteiger partial charge in [-0.25, -0.2) is 8.42 Å². The van der Waals surface area contributed by atoms with Gasteiger partial charge in [0.1, 0.15) is 5.75 Å². The molecule has 30 heavy (non-hydrogen) atoms. The predicted octanol–water partition coefficient (Wildman–Crippen LogP) is 2.60. The van der Waals surface area contributed by atoms with Gasteiger partial charge >= 0.3 is 0 Å². The summed E-state index contributed by atoms with van der Waals surface area (Å²) in [7, 11) is -3.52. The van der Waals surface area contributed by atoms with E-state index in [2.05, 4.69) is 5.32 Å². The third-order valence-electron chi connectivity index (χ3n) is 5.12. The Labute approximate surface area is 177 Å². The Bertz CT molecular complexity index is 1020. The molecule has 1 aliphatic rings. The zero-order valence-electron chi connectivity index (χ0n) is 17.0. The number of nitrogens with one attached hydrogen (secondary N) is 1. The second kappa shape index (κ2) is 9.28. The van der Waals surface area contributed by atoms with Crippen LogP contribution in [0.1, 0.15) is 30.9 Å². The summed E-state index contributed by atoms with van der Waals surface area (Å²) >= 11 is 0. The number of amides is 1. The number of ether oxygens (including phenoxy) is 1. The SMILES string of the molecule is Cc1ccc(S(=O)(=O)N2CCC(NC(=O)[C@H](C)Oc3ccc(C#N)cc3)CC2)cc1. The number of hydrogen-bond donors (Lipinski definition) is 1. The first-order chi connectivity index (χ1) is 14.3. The Kier molecular flexibility index (Phi) is 6.75. The van der Waals surface area contributed by atoms with E-state index in [1.165, 1.54) is 4.31 Å². The van der Waals surface area contributed by atoms with Crippen molar-refractivity contribution < 1.29 is 17.9 Å². The number of carbonyl (C=O) groups is 1. The second-order valence-electron chi connectivity index (χ2n) is 7.40. The fourth-order valence-electron chi connectivity index (χ4n) is 3.28. The van der Waals surface area contributed by atoms with Crippen LogP contribution >= 0.6 is 0 Å². The number of carbonyl (C=O) groups excluding carboxylic acids is 1. The molecule has 0 unspecified atom stereocenters. The van der Waals surface area contributed by atoms with Crippen molar-refractivity contribution >= 4 is 15.9 Å². The summed E-state index contributed by atoms with van der Waals surface area (Å²) in [6.45, 7) is 4.28. The molecule has 1 heterocycles. The highest BCUT2D eigenvalue weighted by Gasteiger charge is 2.30. The van der Waals surface area contributed by atoms with E-state index < -0.39 is 16.1 Å². The van der Waals surface area contributed by atoms with Crippen LogP contribution in [0.4, 0.5) is 0 Å². The zero-order chi connectivity index (χ0) is 21.7. The minimum Gasteiger partial charge on any atom is -0.481 e. The molecular weight excluding hydrogens is 402 g/mol. The summed E-state index contributed by atoms with van der Waals surface area (Å²) in [5.74, 6) is 0.259. The normalized spacial score (nSPS) is 16.4. The molecule has 0 aromatic heterocycles. The Morgan fingerprint density at radius 1 is 1.13 bits per heavy atom. The smallest absolute Gasteiger partial charge is 0.260 e. The maximum atomic E-state index is 12.8. The summed E-state index contributed by atoms with van der Waals surface area (Å²) in [6.07, 6.45) is 0.383. The van der Waals surface area contributed by atoms with E-state index >= 15 is 0 Å². The van der Waals surface area contributed by atoms with Gasteiger partial charge in [0.25, 0.3) is 5.91 Å². The predicted molar refractivity (Wildman–Crippen MR) is 112 cm³/mol. The molecule has 1 saturated heterocycles. The van der Waals surface area contributed by atoms with Gasteiger partial charge in [0, 0.05) is 19.1 Å². The maximum Gasteiger partial charge on any atom is 0.260 e. The van der Waals surface area contributed by atoms with Gasteiger partial charge in [-0.1, -0.05) is 17.7 Å². The number of rotatable bonds is 6. The first-order valence-electron chi connectivity index (χ1n) is 9.83. The average molecular weight is 428 g/mol. The quantitative estimate of drug-likeness (QED) is 0.764. The van der Waals surface area contributed by atoms with E-state index in [-0.39, 0.29) is 11.9 Å². The summed E-state index contributed by atoms with van der Waals surface area (Å²) in [5.41, 5.74) is 1.53.